The Morgan fingerprint density at radius 1 is 1.13 bits per heavy atom. The van der Waals surface area contributed by atoms with Gasteiger partial charge in [0.15, 0.2) is 5.52 Å². The van der Waals surface area contributed by atoms with Crippen LogP contribution in [0, 0.1) is 5.92 Å². The van der Waals surface area contributed by atoms with Crippen molar-refractivity contribution in [2.75, 3.05) is 32.8 Å². The summed E-state index contributed by atoms with van der Waals surface area (Å²) in [7, 11) is -2.12. The summed E-state index contributed by atoms with van der Waals surface area (Å²) in [4.78, 5) is 35.5. The summed E-state index contributed by atoms with van der Waals surface area (Å²) >= 11 is 0. The summed E-state index contributed by atoms with van der Waals surface area (Å²) < 4.78 is 42.0. The average Bonchev–Trinajstić information content (AvgIpc) is 3.33. The molecule has 0 amide bonds. The number of aryl methyl sites for hydroxylation is 2. The zero-order chi connectivity index (χ0) is 33.6. The Hall–Kier alpha value is -3.29. The van der Waals surface area contributed by atoms with Crippen LogP contribution in [0.15, 0.2) is 27.9 Å². The third-order valence-electron chi connectivity index (χ3n) is 8.66. The van der Waals surface area contributed by atoms with Crippen LogP contribution in [0.3, 0.4) is 0 Å². The van der Waals surface area contributed by atoms with Crippen molar-refractivity contribution in [1.29, 1.82) is 0 Å². The van der Waals surface area contributed by atoms with E-state index in [1.807, 2.05) is 13.8 Å². The SMILES string of the molecule is CCCc1nn(C)c2c(=O)[nH]c(-c3cc(S(=O)(=O)N4CCC(CCC(=O)OCCN(C(C)C)C(C)C)CC4)ccc3OCC)nc12. The molecular weight excluding hydrogens is 608 g/mol. The molecule has 0 aliphatic carbocycles. The molecule has 4 rings (SSSR count). The Labute approximate surface area is 272 Å². The first kappa shape index (κ1) is 35.6. The van der Waals surface area contributed by atoms with Gasteiger partial charge in [0.25, 0.3) is 5.56 Å². The lowest BCUT2D eigenvalue weighted by Crippen LogP contribution is -2.39. The van der Waals surface area contributed by atoms with Crippen LogP contribution >= 0.6 is 0 Å². The highest BCUT2D eigenvalue weighted by Crippen LogP contribution is 2.33. The molecule has 2 aromatic heterocycles. The Kier molecular flexibility index (Phi) is 12.0. The van der Waals surface area contributed by atoms with E-state index in [4.69, 9.17) is 14.5 Å². The lowest BCUT2D eigenvalue weighted by molar-refractivity contribution is -0.144. The maximum absolute atomic E-state index is 13.8. The van der Waals surface area contributed by atoms with Gasteiger partial charge < -0.3 is 14.5 Å². The fourth-order valence-corrected chi connectivity index (χ4v) is 7.77. The van der Waals surface area contributed by atoms with Gasteiger partial charge in [-0.1, -0.05) is 13.3 Å². The van der Waals surface area contributed by atoms with E-state index in [2.05, 4.69) is 42.7 Å². The van der Waals surface area contributed by atoms with Gasteiger partial charge in [0, 0.05) is 45.2 Å². The zero-order valence-corrected chi connectivity index (χ0v) is 29.2. The summed E-state index contributed by atoms with van der Waals surface area (Å²) in [6, 6.07) is 5.44. The van der Waals surface area contributed by atoms with Crippen molar-refractivity contribution >= 4 is 27.0 Å². The van der Waals surface area contributed by atoms with Gasteiger partial charge in [-0.05, 0) is 84.4 Å². The van der Waals surface area contributed by atoms with Crippen LogP contribution in [0.4, 0.5) is 0 Å². The number of piperidine rings is 1. The van der Waals surface area contributed by atoms with Crippen LogP contribution in [-0.4, -0.2) is 88.3 Å². The van der Waals surface area contributed by atoms with E-state index in [0.29, 0.717) is 105 Å². The number of hydrogen-bond acceptors (Lipinski definition) is 9. The second-order valence-corrected chi connectivity index (χ2v) is 14.5. The standard InChI is InChI=1S/C33H50N6O6S/c1-8-10-27-30-31(37(7)36-27)33(41)35-32(34-30)26-21-25(12-13-28(26)44-9-2)46(42,43)38-17-15-24(16-18-38)11-14-29(40)45-20-19-39(22(3)4)23(5)6/h12-13,21-24H,8-11,14-20H2,1-7H3,(H,34,35,41). The predicted molar refractivity (Wildman–Crippen MR) is 178 cm³/mol. The number of nitrogens with one attached hydrogen (secondary N) is 1. The average molecular weight is 659 g/mol. The maximum Gasteiger partial charge on any atom is 0.305 e. The zero-order valence-electron chi connectivity index (χ0n) is 28.3. The number of carbonyl (C=O) groups is 1. The first-order chi connectivity index (χ1) is 21.9. The van der Waals surface area contributed by atoms with Gasteiger partial charge in [-0.15, -0.1) is 0 Å². The van der Waals surface area contributed by atoms with Gasteiger partial charge in [0.1, 0.15) is 23.7 Å². The Morgan fingerprint density at radius 2 is 1.83 bits per heavy atom. The normalized spacial score (nSPS) is 15.0. The summed E-state index contributed by atoms with van der Waals surface area (Å²) in [5.74, 6) is 0.699. The molecule has 0 unspecified atom stereocenters. The topological polar surface area (TPSA) is 140 Å². The Balaban J connectivity index is 1.44. The number of esters is 1. The molecule has 12 nitrogen and oxygen atoms in total. The molecule has 0 bridgehead atoms. The van der Waals surface area contributed by atoms with E-state index >= 15 is 0 Å². The molecule has 254 valence electrons. The van der Waals surface area contributed by atoms with E-state index in [-0.39, 0.29) is 28.2 Å². The number of sulfonamides is 1. The van der Waals surface area contributed by atoms with Gasteiger partial charge >= 0.3 is 5.97 Å². The number of carbonyl (C=O) groups excluding carboxylic acids is 1. The highest BCUT2D eigenvalue weighted by atomic mass is 32.2. The van der Waals surface area contributed by atoms with Gasteiger partial charge in [0.2, 0.25) is 10.0 Å². The first-order valence-electron chi connectivity index (χ1n) is 16.5. The number of fused-ring (bicyclic) bond motifs is 1. The van der Waals surface area contributed by atoms with Crippen LogP contribution in [0.25, 0.3) is 22.4 Å². The van der Waals surface area contributed by atoms with Crippen LogP contribution in [-0.2, 0) is 33.0 Å². The lowest BCUT2D eigenvalue weighted by Gasteiger charge is -2.31. The molecule has 1 aromatic carbocycles. The van der Waals surface area contributed by atoms with Gasteiger partial charge in [-0.3, -0.25) is 19.2 Å². The quantitative estimate of drug-likeness (QED) is 0.234. The molecule has 1 N–H and O–H groups in total. The molecule has 3 aromatic rings. The molecule has 46 heavy (non-hydrogen) atoms. The van der Waals surface area contributed by atoms with Crippen molar-refractivity contribution in [1.82, 2.24) is 29.0 Å². The van der Waals surface area contributed by atoms with Crippen molar-refractivity contribution in [3.8, 4) is 17.1 Å². The molecule has 1 fully saturated rings. The van der Waals surface area contributed by atoms with Crippen molar-refractivity contribution in [2.24, 2.45) is 13.0 Å². The van der Waals surface area contributed by atoms with Gasteiger partial charge in [-0.2, -0.15) is 9.40 Å². The van der Waals surface area contributed by atoms with Crippen molar-refractivity contribution in [3.63, 3.8) is 0 Å². The monoisotopic (exact) mass is 658 g/mol. The molecule has 1 saturated heterocycles. The largest absolute Gasteiger partial charge is 0.493 e. The fourth-order valence-electron chi connectivity index (χ4n) is 6.27. The van der Waals surface area contributed by atoms with Crippen LogP contribution < -0.4 is 10.3 Å². The van der Waals surface area contributed by atoms with Crippen molar-refractivity contribution in [3.05, 3.63) is 34.2 Å². The smallest absolute Gasteiger partial charge is 0.305 e. The number of rotatable bonds is 15. The number of nitrogens with zero attached hydrogens (tertiary/aromatic N) is 5. The van der Waals surface area contributed by atoms with Gasteiger partial charge in [0.05, 0.1) is 22.8 Å². The molecule has 1 aliphatic heterocycles. The third-order valence-corrected chi connectivity index (χ3v) is 10.6. The molecular formula is C33H50N6O6S. The van der Waals surface area contributed by atoms with Crippen LogP contribution in [0.1, 0.15) is 79.3 Å². The van der Waals surface area contributed by atoms with Crippen LogP contribution in [0.5, 0.6) is 5.75 Å². The van der Waals surface area contributed by atoms with Crippen molar-refractivity contribution < 1.29 is 22.7 Å². The maximum atomic E-state index is 13.8. The number of aromatic nitrogens is 4. The lowest BCUT2D eigenvalue weighted by atomic mass is 9.93. The minimum atomic E-state index is -3.83. The van der Waals surface area contributed by atoms with E-state index < -0.39 is 10.0 Å². The van der Waals surface area contributed by atoms with E-state index in [1.54, 1.807) is 13.1 Å². The summed E-state index contributed by atoms with van der Waals surface area (Å²) in [5.41, 5.74) is 1.62. The fraction of sp³-hybridized carbons (Fsp3) is 0.636. The summed E-state index contributed by atoms with van der Waals surface area (Å²) in [6.45, 7) is 14.6. The third kappa shape index (κ3) is 8.16. The number of aromatic amines is 1. The molecule has 0 atom stereocenters. The van der Waals surface area contributed by atoms with E-state index in [0.717, 1.165) is 6.42 Å². The number of H-pyrrole nitrogens is 1. The highest BCUT2D eigenvalue weighted by Gasteiger charge is 2.31. The second-order valence-electron chi connectivity index (χ2n) is 12.6. The Morgan fingerprint density at radius 3 is 2.46 bits per heavy atom. The van der Waals surface area contributed by atoms with Gasteiger partial charge in [-0.25, -0.2) is 13.4 Å². The minimum absolute atomic E-state index is 0.104. The van der Waals surface area contributed by atoms with Crippen LogP contribution in [0.2, 0.25) is 0 Å². The first-order valence-corrected chi connectivity index (χ1v) is 18.0. The van der Waals surface area contributed by atoms with E-state index in [1.165, 1.54) is 21.1 Å². The minimum Gasteiger partial charge on any atom is -0.493 e. The molecule has 1 aliphatic rings. The summed E-state index contributed by atoms with van der Waals surface area (Å²) in [5, 5.41) is 4.48. The molecule has 13 heteroatoms. The molecule has 0 spiro atoms. The Bertz CT molecular complexity index is 1650. The summed E-state index contributed by atoms with van der Waals surface area (Å²) in [6.07, 6.45) is 3.83. The van der Waals surface area contributed by atoms with Crippen molar-refractivity contribution in [2.45, 2.75) is 97.0 Å². The van der Waals surface area contributed by atoms with E-state index in [9.17, 15) is 18.0 Å². The molecule has 3 heterocycles. The second kappa shape index (κ2) is 15.5. The molecule has 0 radical (unpaired) electrons. The number of benzene rings is 1. The highest BCUT2D eigenvalue weighted by molar-refractivity contribution is 7.89. The number of hydrogen-bond donors (Lipinski definition) is 1. The predicted octanol–water partition coefficient (Wildman–Crippen LogP) is 4.52. The molecule has 0 saturated carbocycles. The number of ether oxygens (including phenoxy) is 2.